The third kappa shape index (κ3) is 3.71. The summed E-state index contributed by atoms with van der Waals surface area (Å²) in [6, 6.07) is 8.65. The fourth-order valence-electron chi connectivity index (χ4n) is 3.28. The maximum atomic E-state index is 12.9. The van der Waals surface area contributed by atoms with Gasteiger partial charge < -0.3 is 10.6 Å². The lowest BCUT2D eigenvalue weighted by atomic mass is 9.92. The van der Waals surface area contributed by atoms with Crippen LogP contribution in [0, 0.1) is 24.0 Å². The lowest BCUT2D eigenvalue weighted by Crippen LogP contribution is -2.42. The van der Waals surface area contributed by atoms with Gasteiger partial charge in [-0.15, -0.1) is 0 Å². The van der Waals surface area contributed by atoms with Crippen molar-refractivity contribution in [2.75, 3.05) is 11.9 Å². The van der Waals surface area contributed by atoms with Crippen LogP contribution in [0.2, 0.25) is 5.02 Å². The van der Waals surface area contributed by atoms with Crippen molar-refractivity contribution in [1.29, 1.82) is 0 Å². The molecule has 1 saturated heterocycles. The second-order valence-corrected chi connectivity index (χ2v) is 7.59. The molecule has 9 nitrogen and oxygen atoms in total. The van der Waals surface area contributed by atoms with Crippen LogP contribution in [0.15, 0.2) is 36.4 Å². The Morgan fingerprint density at radius 1 is 1.23 bits per heavy atom. The van der Waals surface area contributed by atoms with Gasteiger partial charge in [-0.3, -0.25) is 24.6 Å². The van der Waals surface area contributed by atoms with Crippen molar-refractivity contribution in [3.8, 4) is 0 Å². The quantitative estimate of drug-likeness (QED) is 0.428. The lowest BCUT2D eigenvalue weighted by Gasteiger charge is -2.23. The second kappa shape index (κ2) is 7.75. The van der Waals surface area contributed by atoms with Gasteiger partial charge in [0.2, 0.25) is 5.91 Å². The number of aryl methyl sites for hydroxylation is 2. The molecule has 0 saturated carbocycles. The normalized spacial score (nSPS) is 18.3. The Morgan fingerprint density at radius 2 is 1.87 bits per heavy atom. The summed E-state index contributed by atoms with van der Waals surface area (Å²) in [7, 11) is 0. The average molecular weight is 431 g/mol. The lowest BCUT2D eigenvalue weighted by molar-refractivity contribution is -0.384. The van der Waals surface area contributed by atoms with Gasteiger partial charge in [-0.2, -0.15) is 0 Å². The number of nitro benzene ring substituents is 1. The zero-order valence-electron chi connectivity index (χ0n) is 16.5. The zero-order valence-corrected chi connectivity index (χ0v) is 17.2. The number of hydrogen-bond acceptors (Lipinski definition) is 5. The number of nitro groups is 1. The number of carbonyl (C=O) groups excluding carboxylic acids is 3. The first-order valence-electron chi connectivity index (χ1n) is 8.99. The molecule has 1 aliphatic heterocycles. The van der Waals surface area contributed by atoms with Crippen LogP contribution in [0.25, 0.3) is 0 Å². The van der Waals surface area contributed by atoms with E-state index in [1.165, 1.54) is 19.1 Å². The van der Waals surface area contributed by atoms with Gasteiger partial charge >= 0.3 is 6.03 Å². The van der Waals surface area contributed by atoms with E-state index in [-0.39, 0.29) is 11.4 Å². The van der Waals surface area contributed by atoms with Crippen molar-refractivity contribution in [3.63, 3.8) is 0 Å². The Bertz CT molecular complexity index is 1090. The van der Waals surface area contributed by atoms with Crippen molar-refractivity contribution >= 4 is 40.8 Å². The molecule has 156 valence electrons. The van der Waals surface area contributed by atoms with E-state index in [1.54, 1.807) is 38.1 Å². The van der Waals surface area contributed by atoms with Gasteiger partial charge in [0.15, 0.2) is 0 Å². The molecule has 0 spiro atoms. The van der Waals surface area contributed by atoms with Crippen molar-refractivity contribution in [2.24, 2.45) is 0 Å². The fourth-order valence-corrected chi connectivity index (χ4v) is 3.60. The number of amides is 4. The van der Waals surface area contributed by atoms with Gasteiger partial charge in [0.25, 0.3) is 11.6 Å². The first-order valence-corrected chi connectivity index (χ1v) is 9.37. The number of halogens is 1. The molecule has 0 bridgehead atoms. The largest absolute Gasteiger partial charge is 0.325 e. The number of nitrogens with one attached hydrogen (secondary N) is 2. The van der Waals surface area contributed by atoms with Gasteiger partial charge in [0.05, 0.1) is 4.92 Å². The van der Waals surface area contributed by atoms with E-state index in [0.29, 0.717) is 16.1 Å². The van der Waals surface area contributed by atoms with Gasteiger partial charge in [-0.25, -0.2) is 4.79 Å². The number of carbonyl (C=O) groups is 3. The van der Waals surface area contributed by atoms with Crippen LogP contribution in [-0.2, 0) is 15.1 Å². The Kier molecular flexibility index (Phi) is 5.49. The molecule has 30 heavy (non-hydrogen) atoms. The molecule has 0 aromatic heterocycles. The summed E-state index contributed by atoms with van der Waals surface area (Å²) < 4.78 is 0. The predicted molar refractivity (Wildman–Crippen MR) is 110 cm³/mol. The molecule has 1 fully saturated rings. The Balaban J connectivity index is 1.82. The Labute approximate surface area is 177 Å². The SMILES string of the molecule is Cc1cc(NC(=O)CN2C(=O)N[C@@](C)(c3ccccc3Cl)C2=O)c([N+](=O)[O-])cc1C. The summed E-state index contributed by atoms with van der Waals surface area (Å²) in [6.07, 6.45) is 0. The summed E-state index contributed by atoms with van der Waals surface area (Å²) in [6.45, 7) is 4.37. The molecular weight excluding hydrogens is 412 g/mol. The third-order valence-corrected chi connectivity index (χ3v) is 5.40. The summed E-state index contributed by atoms with van der Waals surface area (Å²) in [5, 5.41) is 16.6. The molecule has 2 aromatic carbocycles. The standard InChI is InChI=1S/C20H19ClN4O5/c1-11-8-15(16(25(29)30)9-12(11)2)22-17(26)10-24-18(27)20(3,23-19(24)28)13-6-4-5-7-14(13)21/h4-9H,10H2,1-3H3,(H,22,26)(H,23,28)/t20-/m0/s1. The van der Waals surface area contributed by atoms with E-state index in [0.717, 1.165) is 10.5 Å². The van der Waals surface area contributed by atoms with Crippen LogP contribution in [0.1, 0.15) is 23.6 Å². The highest BCUT2D eigenvalue weighted by Gasteiger charge is 2.50. The van der Waals surface area contributed by atoms with Gasteiger partial charge in [-0.1, -0.05) is 29.8 Å². The maximum Gasteiger partial charge on any atom is 0.325 e. The summed E-state index contributed by atoms with van der Waals surface area (Å²) in [4.78, 5) is 49.3. The number of urea groups is 1. The Morgan fingerprint density at radius 3 is 2.50 bits per heavy atom. The smallest absolute Gasteiger partial charge is 0.319 e. The molecule has 2 aromatic rings. The number of benzene rings is 2. The van der Waals surface area contributed by atoms with Crippen LogP contribution < -0.4 is 10.6 Å². The topological polar surface area (TPSA) is 122 Å². The zero-order chi connectivity index (χ0) is 22.2. The molecule has 0 radical (unpaired) electrons. The maximum absolute atomic E-state index is 12.9. The van der Waals surface area contributed by atoms with Crippen molar-refractivity contribution in [2.45, 2.75) is 26.3 Å². The summed E-state index contributed by atoms with van der Waals surface area (Å²) >= 11 is 6.18. The molecule has 4 amide bonds. The van der Waals surface area contributed by atoms with E-state index < -0.39 is 34.9 Å². The van der Waals surface area contributed by atoms with Gasteiger partial charge in [0.1, 0.15) is 17.8 Å². The summed E-state index contributed by atoms with van der Waals surface area (Å²) in [5.74, 6) is -1.39. The number of nitrogens with zero attached hydrogens (tertiary/aromatic N) is 2. The number of rotatable bonds is 5. The minimum Gasteiger partial charge on any atom is -0.319 e. The van der Waals surface area contributed by atoms with Crippen LogP contribution in [-0.4, -0.2) is 34.2 Å². The van der Waals surface area contributed by atoms with Crippen LogP contribution in [0.3, 0.4) is 0 Å². The molecule has 1 aliphatic rings. The van der Waals surface area contributed by atoms with Gasteiger partial charge in [0, 0.05) is 16.7 Å². The van der Waals surface area contributed by atoms with E-state index in [2.05, 4.69) is 10.6 Å². The molecule has 0 unspecified atom stereocenters. The number of anilines is 1. The molecule has 3 rings (SSSR count). The van der Waals surface area contributed by atoms with E-state index >= 15 is 0 Å². The molecule has 2 N–H and O–H groups in total. The van der Waals surface area contributed by atoms with Crippen molar-refractivity contribution in [1.82, 2.24) is 10.2 Å². The van der Waals surface area contributed by atoms with Crippen molar-refractivity contribution < 1.29 is 19.3 Å². The highest BCUT2D eigenvalue weighted by molar-refractivity contribution is 6.32. The average Bonchev–Trinajstić information content (AvgIpc) is 2.88. The predicted octanol–water partition coefficient (Wildman–Crippen LogP) is 3.27. The highest BCUT2D eigenvalue weighted by atomic mass is 35.5. The first kappa shape index (κ1) is 21.3. The van der Waals surface area contributed by atoms with E-state index in [1.807, 2.05) is 0 Å². The minimum atomic E-state index is -1.43. The number of hydrogen-bond donors (Lipinski definition) is 2. The molecule has 1 atom stereocenters. The third-order valence-electron chi connectivity index (χ3n) is 5.07. The molecule has 10 heteroatoms. The van der Waals surface area contributed by atoms with E-state index in [4.69, 9.17) is 11.6 Å². The highest BCUT2D eigenvalue weighted by Crippen LogP contribution is 2.33. The first-order chi connectivity index (χ1) is 14.0. The second-order valence-electron chi connectivity index (χ2n) is 7.19. The Hall–Kier alpha value is -3.46. The van der Waals surface area contributed by atoms with Crippen LogP contribution >= 0.6 is 11.6 Å². The van der Waals surface area contributed by atoms with Crippen molar-refractivity contribution in [3.05, 3.63) is 68.2 Å². The van der Waals surface area contributed by atoms with Crippen LogP contribution in [0.4, 0.5) is 16.2 Å². The minimum absolute atomic E-state index is 0.00554. The van der Waals surface area contributed by atoms with Gasteiger partial charge in [-0.05, 0) is 44.0 Å². The number of imide groups is 1. The van der Waals surface area contributed by atoms with Crippen LogP contribution in [0.5, 0.6) is 0 Å². The molecule has 1 heterocycles. The fraction of sp³-hybridized carbons (Fsp3) is 0.250. The monoisotopic (exact) mass is 430 g/mol. The summed E-state index contributed by atoms with van der Waals surface area (Å²) in [5.41, 5.74) is 0.139. The molecular formula is C20H19ClN4O5. The van der Waals surface area contributed by atoms with E-state index in [9.17, 15) is 24.5 Å². The molecule has 0 aliphatic carbocycles.